The third kappa shape index (κ3) is 6.20. The largest absolute Gasteiger partial charge is 0.422 e. The maximum Gasteiger partial charge on any atom is 0.343 e. The Bertz CT molecular complexity index is 1100. The zero-order valence-electron chi connectivity index (χ0n) is 15.9. The van der Waals surface area contributed by atoms with Crippen LogP contribution in [0.15, 0.2) is 76.3 Å². The molecule has 152 valence electrons. The molecule has 2 N–H and O–H groups in total. The first-order valence-corrected chi connectivity index (χ1v) is 10.0. The quantitative estimate of drug-likeness (QED) is 0.166. The summed E-state index contributed by atoms with van der Waals surface area (Å²) in [7, 11) is 0. The van der Waals surface area contributed by atoms with Crippen molar-refractivity contribution in [3.63, 3.8) is 0 Å². The lowest BCUT2D eigenvalue weighted by molar-refractivity contribution is 0.0734. The second-order valence-corrected chi connectivity index (χ2v) is 7.60. The first kappa shape index (κ1) is 21.6. The van der Waals surface area contributed by atoms with E-state index in [1.165, 1.54) is 18.3 Å². The number of hydrogen-bond acceptors (Lipinski definition) is 4. The summed E-state index contributed by atoms with van der Waals surface area (Å²) in [5, 5.41) is 7.20. The average Bonchev–Trinajstić information content (AvgIpc) is 2.71. The molecule has 8 heteroatoms. The molecule has 0 spiro atoms. The van der Waals surface area contributed by atoms with Crippen LogP contribution >= 0.6 is 28.1 Å². The molecule has 0 aliphatic rings. The first-order valence-electron chi connectivity index (χ1n) is 8.85. The van der Waals surface area contributed by atoms with Gasteiger partial charge in [0.25, 0.3) is 0 Å². The molecule has 0 saturated carbocycles. The van der Waals surface area contributed by atoms with E-state index >= 15 is 0 Å². The molecule has 3 aromatic carbocycles. The standard InChI is InChI=1S/C22H17BrFN3O2S/c1-14-3-2-4-15(11-14)21(28)29-20-10-5-17(23)12-16(20)13-25-27-22(30)26-19-8-6-18(24)7-9-19/h2-13H,1H3,(H2,26,27,30)/b25-13+. The maximum absolute atomic E-state index is 13.0. The van der Waals surface area contributed by atoms with Crippen molar-refractivity contribution in [1.82, 2.24) is 5.43 Å². The van der Waals surface area contributed by atoms with Crippen LogP contribution in [0.3, 0.4) is 0 Å². The number of nitrogens with zero attached hydrogens (tertiary/aromatic N) is 1. The average molecular weight is 486 g/mol. The zero-order chi connectivity index (χ0) is 21.5. The van der Waals surface area contributed by atoms with Gasteiger partial charge in [-0.05, 0) is 73.7 Å². The lowest BCUT2D eigenvalue weighted by atomic mass is 10.1. The number of ether oxygens (including phenoxy) is 1. The Morgan fingerprint density at radius 1 is 1.13 bits per heavy atom. The van der Waals surface area contributed by atoms with Crippen molar-refractivity contribution in [2.75, 3.05) is 5.32 Å². The molecule has 0 unspecified atom stereocenters. The lowest BCUT2D eigenvalue weighted by Crippen LogP contribution is -2.23. The van der Waals surface area contributed by atoms with Crippen molar-refractivity contribution in [3.05, 3.63) is 93.7 Å². The molecule has 0 aromatic heterocycles. The molecule has 0 amide bonds. The molecule has 0 aliphatic heterocycles. The number of halogens is 2. The molecule has 0 bridgehead atoms. The van der Waals surface area contributed by atoms with Gasteiger partial charge in [-0.25, -0.2) is 9.18 Å². The predicted molar refractivity (Wildman–Crippen MR) is 124 cm³/mol. The number of hydrogen-bond donors (Lipinski definition) is 2. The molecule has 0 atom stereocenters. The second-order valence-electron chi connectivity index (χ2n) is 6.27. The third-order valence-electron chi connectivity index (χ3n) is 3.90. The number of nitrogens with one attached hydrogen (secondary N) is 2. The number of hydrazone groups is 1. The molecule has 30 heavy (non-hydrogen) atoms. The van der Waals surface area contributed by atoms with E-state index in [0.717, 1.165) is 10.0 Å². The van der Waals surface area contributed by atoms with E-state index < -0.39 is 5.97 Å². The molecule has 3 rings (SSSR count). The number of carbonyl (C=O) groups is 1. The van der Waals surface area contributed by atoms with Gasteiger partial charge < -0.3 is 10.1 Å². The number of thiocarbonyl (C=S) groups is 1. The fraction of sp³-hybridized carbons (Fsp3) is 0.0455. The number of esters is 1. The summed E-state index contributed by atoms with van der Waals surface area (Å²) < 4.78 is 19.3. The van der Waals surface area contributed by atoms with Crippen LogP contribution in [0.2, 0.25) is 0 Å². The predicted octanol–water partition coefficient (Wildman–Crippen LogP) is 5.44. The summed E-state index contributed by atoms with van der Waals surface area (Å²) in [6.45, 7) is 1.91. The molecular formula is C22H17BrFN3O2S. The first-order chi connectivity index (χ1) is 14.4. The maximum atomic E-state index is 13.0. The van der Waals surface area contributed by atoms with E-state index in [2.05, 4.69) is 31.8 Å². The van der Waals surface area contributed by atoms with Crippen LogP contribution in [0.25, 0.3) is 0 Å². The van der Waals surface area contributed by atoms with Crippen molar-refractivity contribution in [2.45, 2.75) is 6.92 Å². The van der Waals surface area contributed by atoms with E-state index in [9.17, 15) is 9.18 Å². The van der Waals surface area contributed by atoms with Gasteiger partial charge in [0.15, 0.2) is 5.11 Å². The van der Waals surface area contributed by atoms with E-state index in [4.69, 9.17) is 17.0 Å². The number of benzene rings is 3. The minimum atomic E-state index is -0.461. The highest BCUT2D eigenvalue weighted by Crippen LogP contribution is 2.23. The Morgan fingerprint density at radius 2 is 1.90 bits per heavy atom. The zero-order valence-corrected chi connectivity index (χ0v) is 18.3. The molecule has 3 aromatic rings. The van der Waals surface area contributed by atoms with Crippen LogP contribution in [-0.4, -0.2) is 17.3 Å². The molecule has 0 aliphatic carbocycles. The van der Waals surface area contributed by atoms with Crippen LogP contribution in [-0.2, 0) is 0 Å². The van der Waals surface area contributed by atoms with Gasteiger partial charge in [0.1, 0.15) is 11.6 Å². The Labute approximate surface area is 187 Å². The van der Waals surface area contributed by atoms with Crippen LogP contribution in [0.5, 0.6) is 5.75 Å². The summed E-state index contributed by atoms with van der Waals surface area (Å²) in [6, 6.07) is 18.1. The molecular weight excluding hydrogens is 469 g/mol. The van der Waals surface area contributed by atoms with Crippen molar-refractivity contribution >= 4 is 51.1 Å². The smallest absolute Gasteiger partial charge is 0.343 e. The summed E-state index contributed by atoms with van der Waals surface area (Å²) >= 11 is 8.56. The van der Waals surface area contributed by atoms with Gasteiger partial charge in [-0.2, -0.15) is 5.10 Å². The minimum Gasteiger partial charge on any atom is -0.422 e. The van der Waals surface area contributed by atoms with E-state index in [-0.39, 0.29) is 10.9 Å². The molecule has 0 heterocycles. The second kappa shape index (κ2) is 10.1. The van der Waals surface area contributed by atoms with Gasteiger partial charge >= 0.3 is 5.97 Å². The van der Waals surface area contributed by atoms with Gasteiger partial charge in [0.2, 0.25) is 0 Å². The highest BCUT2D eigenvalue weighted by molar-refractivity contribution is 9.10. The van der Waals surface area contributed by atoms with Crippen LogP contribution in [0.1, 0.15) is 21.5 Å². The van der Waals surface area contributed by atoms with Crippen molar-refractivity contribution in [3.8, 4) is 5.75 Å². The van der Waals surface area contributed by atoms with Gasteiger partial charge in [0.05, 0.1) is 11.8 Å². The monoisotopic (exact) mass is 485 g/mol. The Kier molecular flexibility index (Phi) is 7.26. The van der Waals surface area contributed by atoms with Crippen molar-refractivity contribution in [2.24, 2.45) is 5.10 Å². The normalized spacial score (nSPS) is 10.6. The third-order valence-corrected chi connectivity index (χ3v) is 4.59. The lowest BCUT2D eigenvalue weighted by Gasteiger charge is -2.09. The fourth-order valence-electron chi connectivity index (χ4n) is 2.50. The molecule has 0 saturated heterocycles. The number of aryl methyl sites for hydroxylation is 1. The van der Waals surface area contributed by atoms with E-state index in [1.54, 1.807) is 48.5 Å². The summed E-state index contributed by atoms with van der Waals surface area (Å²) in [5.74, 6) is -0.440. The Hall–Kier alpha value is -3.10. The van der Waals surface area contributed by atoms with Crippen LogP contribution < -0.4 is 15.5 Å². The highest BCUT2D eigenvalue weighted by Gasteiger charge is 2.11. The Morgan fingerprint density at radius 3 is 2.63 bits per heavy atom. The van der Waals surface area contributed by atoms with Gasteiger partial charge in [-0.1, -0.05) is 33.6 Å². The topological polar surface area (TPSA) is 62.7 Å². The van der Waals surface area contributed by atoms with Crippen molar-refractivity contribution in [1.29, 1.82) is 0 Å². The van der Waals surface area contributed by atoms with E-state index in [1.807, 2.05) is 13.0 Å². The minimum absolute atomic E-state index is 0.228. The summed E-state index contributed by atoms with van der Waals surface area (Å²) in [6.07, 6.45) is 1.49. The fourth-order valence-corrected chi connectivity index (χ4v) is 3.05. The highest BCUT2D eigenvalue weighted by atomic mass is 79.9. The van der Waals surface area contributed by atoms with Gasteiger partial charge in [0, 0.05) is 15.7 Å². The summed E-state index contributed by atoms with van der Waals surface area (Å²) in [5.41, 5.74) is 5.30. The Balaban J connectivity index is 1.67. The van der Waals surface area contributed by atoms with Gasteiger partial charge in [-0.3, -0.25) is 5.43 Å². The number of carbonyl (C=O) groups excluding carboxylic acids is 1. The van der Waals surface area contributed by atoms with Crippen molar-refractivity contribution < 1.29 is 13.9 Å². The number of anilines is 1. The summed E-state index contributed by atoms with van der Waals surface area (Å²) in [4.78, 5) is 12.5. The van der Waals surface area contributed by atoms with Gasteiger partial charge in [-0.15, -0.1) is 0 Å². The molecule has 0 fully saturated rings. The molecule has 0 radical (unpaired) electrons. The van der Waals surface area contributed by atoms with E-state index in [0.29, 0.717) is 22.6 Å². The number of rotatable bonds is 5. The molecule has 5 nitrogen and oxygen atoms in total. The van der Waals surface area contributed by atoms with Crippen LogP contribution in [0.4, 0.5) is 10.1 Å². The SMILES string of the molecule is Cc1cccc(C(=O)Oc2ccc(Br)cc2/C=N/NC(=S)Nc2ccc(F)cc2)c1. The van der Waals surface area contributed by atoms with Crippen LogP contribution in [0, 0.1) is 12.7 Å².